The number of nitrogens with zero attached hydrogens (tertiary/aromatic N) is 3. The fraction of sp³-hybridized carbons (Fsp3) is 0.474. The van der Waals surface area contributed by atoms with Gasteiger partial charge in [0.15, 0.2) is 5.69 Å². The minimum absolute atomic E-state index is 0.0630. The zero-order valence-corrected chi connectivity index (χ0v) is 15.8. The smallest absolute Gasteiger partial charge is 0.274 e. The van der Waals surface area contributed by atoms with Gasteiger partial charge in [0.1, 0.15) is 0 Å². The predicted molar refractivity (Wildman–Crippen MR) is 98.3 cm³/mol. The number of rotatable bonds is 4. The molecule has 1 aliphatic rings. The van der Waals surface area contributed by atoms with Crippen molar-refractivity contribution >= 4 is 17.5 Å². The maximum absolute atomic E-state index is 12.7. The molecule has 25 heavy (non-hydrogen) atoms. The summed E-state index contributed by atoms with van der Waals surface area (Å²) in [5.41, 5.74) is 1.17. The van der Waals surface area contributed by atoms with Crippen LogP contribution in [0.15, 0.2) is 36.5 Å². The van der Waals surface area contributed by atoms with Crippen LogP contribution in [0.3, 0.4) is 0 Å². The molecule has 0 spiro atoms. The first-order valence-electron chi connectivity index (χ1n) is 8.49. The highest BCUT2D eigenvalue weighted by atomic mass is 35.5. The summed E-state index contributed by atoms with van der Waals surface area (Å²) in [7, 11) is 1.83. The third-order valence-electron chi connectivity index (χ3n) is 4.36. The van der Waals surface area contributed by atoms with Crippen LogP contribution >= 0.6 is 11.6 Å². The lowest BCUT2D eigenvalue weighted by Gasteiger charge is -2.43. The quantitative estimate of drug-likeness (QED) is 0.828. The molecule has 0 atom stereocenters. The Morgan fingerprint density at radius 1 is 1.24 bits per heavy atom. The van der Waals surface area contributed by atoms with Crippen LogP contribution in [0.25, 0.3) is 5.69 Å². The van der Waals surface area contributed by atoms with E-state index in [0.717, 1.165) is 18.5 Å². The summed E-state index contributed by atoms with van der Waals surface area (Å²) in [6.45, 7) is 6.16. The number of carbonyl (C=O) groups excluding carboxylic acids is 1. The Morgan fingerprint density at radius 2 is 1.88 bits per heavy atom. The van der Waals surface area contributed by atoms with Crippen LogP contribution in [0, 0.1) is 0 Å². The highest BCUT2D eigenvalue weighted by Crippen LogP contribution is 2.31. The van der Waals surface area contributed by atoms with Gasteiger partial charge in [0, 0.05) is 24.3 Å². The molecule has 5 nitrogen and oxygen atoms in total. The fourth-order valence-electron chi connectivity index (χ4n) is 2.97. The van der Waals surface area contributed by atoms with E-state index in [9.17, 15) is 4.79 Å². The summed E-state index contributed by atoms with van der Waals surface area (Å²) in [4.78, 5) is 14.4. The second kappa shape index (κ2) is 6.81. The number of ether oxygens (including phenoxy) is 1. The second-order valence-electron chi connectivity index (χ2n) is 7.52. The molecule has 0 radical (unpaired) electrons. The summed E-state index contributed by atoms with van der Waals surface area (Å²) in [5.74, 6) is -0.0630. The van der Waals surface area contributed by atoms with Gasteiger partial charge in [-0.05, 0) is 63.9 Å². The van der Waals surface area contributed by atoms with Crippen LogP contribution in [0.5, 0.6) is 0 Å². The van der Waals surface area contributed by atoms with Crippen molar-refractivity contribution in [1.82, 2.24) is 14.7 Å². The van der Waals surface area contributed by atoms with Crippen molar-refractivity contribution in [2.24, 2.45) is 0 Å². The normalized spacial score (nSPS) is 20.2. The first kappa shape index (κ1) is 18.0. The summed E-state index contributed by atoms with van der Waals surface area (Å²) < 4.78 is 7.63. The van der Waals surface area contributed by atoms with Crippen molar-refractivity contribution in [3.8, 4) is 5.69 Å². The van der Waals surface area contributed by atoms with Gasteiger partial charge in [-0.2, -0.15) is 5.10 Å². The first-order valence-corrected chi connectivity index (χ1v) is 8.87. The summed E-state index contributed by atoms with van der Waals surface area (Å²) in [6.07, 6.45) is 3.76. The molecule has 2 aromatic rings. The van der Waals surface area contributed by atoms with Crippen molar-refractivity contribution in [1.29, 1.82) is 0 Å². The lowest BCUT2D eigenvalue weighted by Crippen LogP contribution is -2.50. The number of hydrogen-bond acceptors (Lipinski definition) is 3. The van der Waals surface area contributed by atoms with E-state index in [4.69, 9.17) is 16.3 Å². The molecule has 3 rings (SSSR count). The molecule has 0 aliphatic heterocycles. The number of hydrogen-bond donors (Lipinski definition) is 0. The average Bonchev–Trinajstić information content (AvgIpc) is 2.99. The Labute approximate surface area is 153 Å². The van der Waals surface area contributed by atoms with Gasteiger partial charge in [-0.25, -0.2) is 4.68 Å². The molecule has 0 saturated heterocycles. The molecular weight excluding hydrogens is 338 g/mol. The first-order chi connectivity index (χ1) is 11.7. The van der Waals surface area contributed by atoms with Crippen molar-refractivity contribution < 1.29 is 9.53 Å². The van der Waals surface area contributed by atoms with Gasteiger partial charge < -0.3 is 9.64 Å². The molecule has 1 fully saturated rings. The van der Waals surface area contributed by atoms with Crippen LogP contribution < -0.4 is 0 Å². The molecular formula is C19H24ClN3O2. The van der Waals surface area contributed by atoms with E-state index in [-0.39, 0.29) is 23.7 Å². The van der Waals surface area contributed by atoms with Gasteiger partial charge in [0.2, 0.25) is 0 Å². The van der Waals surface area contributed by atoms with E-state index < -0.39 is 0 Å². The largest absolute Gasteiger partial charge is 0.372 e. The van der Waals surface area contributed by atoms with Crippen LogP contribution in [-0.2, 0) is 4.74 Å². The third kappa shape index (κ3) is 4.22. The summed E-state index contributed by atoms with van der Waals surface area (Å²) >= 11 is 5.90. The van der Waals surface area contributed by atoms with Crippen molar-refractivity contribution in [3.05, 3.63) is 47.2 Å². The Morgan fingerprint density at radius 3 is 2.48 bits per heavy atom. The monoisotopic (exact) mass is 361 g/mol. The van der Waals surface area contributed by atoms with Gasteiger partial charge >= 0.3 is 0 Å². The van der Waals surface area contributed by atoms with E-state index in [2.05, 4.69) is 25.9 Å². The van der Waals surface area contributed by atoms with E-state index in [0.29, 0.717) is 10.7 Å². The molecule has 1 aliphatic carbocycles. The molecule has 134 valence electrons. The highest BCUT2D eigenvalue weighted by molar-refractivity contribution is 6.30. The van der Waals surface area contributed by atoms with E-state index in [1.807, 2.05) is 19.2 Å². The summed E-state index contributed by atoms with van der Waals surface area (Å²) in [5, 5.41) is 5.07. The Kier molecular flexibility index (Phi) is 4.89. The highest BCUT2D eigenvalue weighted by Gasteiger charge is 2.37. The van der Waals surface area contributed by atoms with Crippen molar-refractivity contribution in [3.63, 3.8) is 0 Å². The maximum atomic E-state index is 12.7. The molecule has 1 aromatic heterocycles. The third-order valence-corrected chi connectivity index (χ3v) is 4.61. The Hall–Kier alpha value is -1.85. The Bertz CT molecular complexity index is 743. The van der Waals surface area contributed by atoms with Gasteiger partial charge in [0.25, 0.3) is 5.91 Å². The number of amides is 1. The molecule has 1 saturated carbocycles. The number of halogens is 1. The van der Waals surface area contributed by atoms with Crippen molar-refractivity contribution in [2.75, 3.05) is 7.05 Å². The fourth-order valence-corrected chi connectivity index (χ4v) is 3.10. The standard InChI is InChI=1S/C19H24ClN3O2/c1-19(2,3)25-16-11-15(12-16)22(4)18(24)17-9-10-23(21-17)14-7-5-13(20)6-8-14/h5-10,15-16H,11-12H2,1-4H3. The zero-order valence-electron chi connectivity index (χ0n) is 15.1. The number of carbonyl (C=O) groups is 1. The predicted octanol–water partition coefficient (Wildman–Crippen LogP) is 3.94. The molecule has 0 bridgehead atoms. The molecule has 1 aromatic carbocycles. The molecule has 0 unspecified atom stereocenters. The number of benzene rings is 1. The van der Waals surface area contributed by atoms with E-state index >= 15 is 0 Å². The lowest BCUT2D eigenvalue weighted by molar-refractivity contribution is -0.113. The van der Waals surface area contributed by atoms with Gasteiger partial charge in [-0.3, -0.25) is 4.79 Å². The molecule has 1 amide bonds. The van der Waals surface area contributed by atoms with Crippen LogP contribution in [0.2, 0.25) is 5.02 Å². The maximum Gasteiger partial charge on any atom is 0.274 e. The van der Waals surface area contributed by atoms with Crippen LogP contribution in [-0.4, -0.2) is 45.4 Å². The van der Waals surface area contributed by atoms with Gasteiger partial charge in [-0.1, -0.05) is 11.6 Å². The minimum Gasteiger partial charge on any atom is -0.372 e. The molecule has 0 N–H and O–H groups in total. The van der Waals surface area contributed by atoms with Crippen LogP contribution in [0.1, 0.15) is 44.1 Å². The second-order valence-corrected chi connectivity index (χ2v) is 7.95. The van der Waals surface area contributed by atoms with E-state index in [1.165, 1.54) is 0 Å². The minimum atomic E-state index is -0.143. The number of aromatic nitrogens is 2. The zero-order chi connectivity index (χ0) is 18.2. The van der Waals surface area contributed by atoms with Gasteiger partial charge in [-0.15, -0.1) is 0 Å². The summed E-state index contributed by atoms with van der Waals surface area (Å²) in [6, 6.07) is 9.29. The molecule has 1 heterocycles. The van der Waals surface area contributed by atoms with Gasteiger partial charge in [0.05, 0.1) is 17.4 Å². The SMILES string of the molecule is CN(C(=O)c1ccn(-c2ccc(Cl)cc2)n1)C1CC(OC(C)(C)C)C1. The van der Waals surface area contributed by atoms with Crippen molar-refractivity contribution in [2.45, 2.75) is 51.4 Å². The van der Waals surface area contributed by atoms with E-state index in [1.54, 1.807) is 34.0 Å². The topological polar surface area (TPSA) is 47.4 Å². The van der Waals surface area contributed by atoms with Crippen LogP contribution in [0.4, 0.5) is 0 Å². The molecule has 6 heteroatoms. The Balaban J connectivity index is 1.61. The average molecular weight is 362 g/mol. The lowest BCUT2D eigenvalue weighted by atomic mass is 9.87.